The van der Waals surface area contributed by atoms with Gasteiger partial charge in [-0.2, -0.15) is 10.2 Å². The summed E-state index contributed by atoms with van der Waals surface area (Å²) in [7, 11) is 0.276. The molecule has 1 unspecified atom stereocenters. The number of benzene rings is 5. The molecule has 8 rings (SSSR count). The fourth-order valence-electron chi connectivity index (χ4n) is 10.3. The quantitative estimate of drug-likeness (QED) is 0.0345. The first-order chi connectivity index (χ1) is 35.5. The Morgan fingerprint density at radius 1 is 0.827 bits per heavy atom. The number of hydrogen-bond acceptors (Lipinski definition) is 7. The van der Waals surface area contributed by atoms with Gasteiger partial charge in [0.15, 0.2) is 8.32 Å². The molecule has 3 heterocycles. The molecule has 0 aliphatic rings. The van der Waals surface area contributed by atoms with Crippen LogP contribution in [0.5, 0.6) is 5.75 Å². The van der Waals surface area contributed by atoms with Crippen molar-refractivity contribution in [1.82, 2.24) is 24.1 Å². The van der Waals surface area contributed by atoms with Gasteiger partial charge in [-0.25, -0.2) is 9.18 Å². The maximum Gasteiger partial charge on any atom is 0.354 e. The monoisotopic (exact) mass is 1070 g/mol. The molecule has 394 valence electrons. The topological polar surface area (TPSA) is 94.6 Å². The molecule has 0 bridgehead atoms. The lowest BCUT2D eigenvalue weighted by atomic mass is 9.95. The van der Waals surface area contributed by atoms with Gasteiger partial charge in [0, 0.05) is 71.1 Å². The van der Waals surface area contributed by atoms with Crippen LogP contribution in [0.4, 0.5) is 4.39 Å². The van der Waals surface area contributed by atoms with E-state index in [4.69, 9.17) is 40.1 Å². The van der Waals surface area contributed by atoms with Crippen LogP contribution in [0.2, 0.25) is 28.2 Å². The summed E-state index contributed by atoms with van der Waals surface area (Å²) < 4.78 is 47.0. The zero-order valence-electron chi connectivity index (χ0n) is 46.0. The van der Waals surface area contributed by atoms with E-state index in [0.717, 1.165) is 77.1 Å². The number of carbonyl (C=O) groups excluding carboxylic acids is 1. The maximum absolute atomic E-state index is 15.0. The standard InChI is InChI=1S/C61H73ClFN5O5Si2/c1-15-52(57-55(41(3)66(10)65-57)56-50(62)31-32-51-54(56)40(2)58(59(69)70-12)68(51)33-22-34-72-74(13,14)60(4,5)6)71-39-45-38-46(67(11)64-45)29-27-42-35-43-37-44(63)28-30-49(43)53(36-42)73-75(61(7,8)9,47-23-18-16-19-24-47)48-25-20-17-21-26-48/h15-21,23-26,28,30-32,35-38,52H,1,22,27,29,33-34,39H2,2-14H3. The van der Waals surface area contributed by atoms with E-state index >= 15 is 4.39 Å². The minimum atomic E-state index is -3.01. The summed E-state index contributed by atoms with van der Waals surface area (Å²) in [5.74, 6) is 0.0283. The normalized spacial score (nSPS) is 12.9. The third kappa shape index (κ3) is 10.8. The van der Waals surface area contributed by atoms with E-state index in [1.165, 1.54) is 13.2 Å². The molecule has 0 radical (unpaired) electrons. The van der Waals surface area contributed by atoms with Crippen LogP contribution >= 0.6 is 11.6 Å². The Balaban J connectivity index is 1.06. The van der Waals surface area contributed by atoms with E-state index in [0.29, 0.717) is 48.8 Å². The Morgan fingerprint density at radius 3 is 2.11 bits per heavy atom. The Kier molecular flexibility index (Phi) is 16.1. The number of hydrogen-bond donors (Lipinski definition) is 0. The van der Waals surface area contributed by atoms with Gasteiger partial charge in [-0.1, -0.05) is 126 Å². The molecule has 0 saturated carbocycles. The second kappa shape index (κ2) is 21.9. The van der Waals surface area contributed by atoms with E-state index < -0.39 is 28.7 Å². The second-order valence-corrected chi connectivity index (χ2v) is 31.7. The summed E-state index contributed by atoms with van der Waals surface area (Å²) in [5, 5.41) is 15.1. The highest BCUT2D eigenvalue weighted by Gasteiger charge is 2.52. The van der Waals surface area contributed by atoms with Crippen LogP contribution < -0.4 is 14.8 Å². The van der Waals surface area contributed by atoms with Gasteiger partial charge in [-0.05, 0) is 126 Å². The van der Waals surface area contributed by atoms with Crippen LogP contribution in [-0.2, 0) is 54.0 Å². The molecule has 0 amide bonds. The average molecular weight is 1070 g/mol. The molecule has 3 aromatic heterocycles. The summed E-state index contributed by atoms with van der Waals surface area (Å²) in [6.45, 7) is 27.5. The van der Waals surface area contributed by atoms with Crippen molar-refractivity contribution in [2.75, 3.05) is 13.7 Å². The lowest BCUT2D eigenvalue weighted by molar-refractivity contribution is 0.0587. The molecule has 8 aromatic rings. The molecule has 75 heavy (non-hydrogen) atoms. The van der Waals surface area contributed by atoms with Gasteiger partial charge in [0.2, 0.25) is 0 Å². The minimum absolute atomic E-state index is 0.0835. The zero-order valence-corrected chi connectivity index (χ0v) is 48.8. The van der Waals surface area contributed by atoms with Gasteiger partial charge in [0.1, 0.15) is 29.1 Å². The molecule has 14 heteroatoms. The fraction of sp³-hybridized carbons (Fsp3) is 0.361. The minimum Gasteiger partial charge on any atom is -0.534 e. The van der Waals surface area contributed by atoms with Crippen LogP contribution in [0.25, 0.3) is 32.8 Å². The lowest BCUT2D eigenvalue weighted by Crippen LogP contribution is -2.68. The molecule has 10 nitrogen and oxygen atoms in total. The summed E-state index contributed by atoms with van der Waals surface area (Å²) in [4.78, 5) is 13.6. The van der Waals surface area contributed by atoms with Gasteiger partial charge in [-0.3, -0.25) is 9.36 Å². The molecular weight excluding hydrogens is 993 g/mol. The Hall–Kier alpha value is -6.10. The highest BCUT2D eigenvalue weighted by Crippen LogP contribution is 2.45. The van der Waals surface area contributed by atoms with Crippen LogP contribution in [0, 0.1) is 19.7 Å². The van der Waals surface area contributed by atoms with Crippen molar-refractivity contribution in [2.24, 2.45) is 14.1 Å². The van der Waals surface area contributed by atoms with Crippen molar-refractivity contribution in [2.45, 2.75) is 117 Å². The van der Waals surface area contributed by atoms with Crippen LogP contribution in [0.3, 0.4) is 0 Å². The van der Waals surface area contributed by atoms with Crippen molar-refractivity contribution < 1.29 is 27.5 Å². The molecular formula is C61H73ClFN5O5Si2. The number of methoxy groups -OCH3 is 1. The number of ether oxygens (including phenoxy) is 2. The first-order valence-electron chi connectivity index (χ1n) is 25.9. The smallest absolute Gasteiger partial charge is 0.354 e. The zero-order chi connectivity index (χ0) is 54.2. The van der Waals surface area contributed by atoms with E-state index in [9.17, 15) is 4.79 Å². The highest BCUT2D eigenvalue weighted by molar-refractivity contribution is 7.00. The number of aryl methyl sites for hydroxylation is 6. The number of carbonyl (C=O) groups is 1. The molecule has 0 aliphatic heterocycles. The maximum atomic E-state index is 15.0. The number of esters is 1. The Bertz CT molecular complexity index is 3330. The molecule has 0 spiro atoms. The van der Waals surface area contributed by atoms with E-state index in [1.54, 1.807) is 12.1 Å². The van der Waals surface area contributed by atoms with Gasteiger partial charge >= 0.3 is 14.3 Å². The van der Waals surface area contributed by atoms with Crippen molar-refractivity contribution >= 4 is 66.3 Å². The predicted octanol–water partition coefficient (Wildman–Crippen LogP) is 13.7. The summed E-state index contributed by atoms with van der Waals surface area (Å²) >= 11 is 7.23. The SMILES string of the molecule is C=CC(OCc1cc(CCc2cc(O[Si](c3ccccc3)(c3ccccc3)C(C)(C)C)c3ccc(F)cc3c2)n(C)n1)c1nn(C)c(C)c1-c1c(Cl)ccc2c1c(C)c(C(=O)OC)n2CCCO[Si](C)(C)C(C)(C)C. The number of aromatic nitrogens is 5. The van der Waals surface area contributed by atoms with E-state index in [2.05, 4.69) is 128 Å². The van der Waals surface area contributed by atoms with Gasteiger partial charge in [0.05, 0.1) is 19.4 Å². The lowest BCUT2D eigenvalue weighted by Gasteiger charge is -2.43. The van der Waals surface area contributed by atoms with Crippen molar-refractivity contribution in [3.05, 3.63) is 172 Å². The first-order valence-corrected chi connectivity index (χ1v) is 31.1. The van der Waals surface area contributed by atoms with Crippen molar-refractivity contribution in [3.8, 4) is 16.9 Å². The highest BCUT2D eigenvalue weighted by atomic mass is 35.5. The van der Waals surface area contributed by atoms with Gasteiger partial charge in [-0.15, -0.1) is 6.58 Å². The average Bonchev–Trinajstić information content (AvgIpc) is 3.99. The summed E-state index contributed by atoms with van der Waals surface area (Å²) in [6.07, 6.45) is 3.14. The molecule has 0 N–H and O–H groups in total. The Morgan fingerprint density at radius 2 is 1.49 bits per heavy atom. The largest absolute Gasteiger partial charge is 0.534 e. The van der Waals surface area contributed by atoms with Crippen molar-refractivity contribution in [3.63, 3.8) is 0 Å². The van der Waals surface area contributed by atoms with Crippen LogP contribution in [0.15, 0.2) is 122 Å². The molecule has 0 saturated heterocycles. The second-order valence-electron chi connectivity index (χ2n) is 22.3. The fourth-order valence-corrected chi connectivity index (χ4v) is 16.1. The van der Waals surface area contributed by atoms with E-state index in [-0.39, 0.29) is 22.5 Å². The van der Waals surface area contributed by atoms with Crippen molar-refractivity contribution in [1.29, 1.82) is 0 Å². The molecule has 1 atom stereocenters. The summed E-state index contributed by atoms with van der Waals surface area (Å²) in [5.41, 5.74) is 8.00. The Labute approximate surface area is 449 Å². The molecule has 0 fully saturated rings. The molecule has 0 aliphatic carbocycles. The first kappa shape index (κ1) is 55.1. The van der Waals surface area contributed by atoms with Gasteiger partial charge < -0.3 is 22.9 Å². The number of nitrogens with zero attached hydrogens (tertiary/aromatic N) is 5. The predicted molar refractivity (Wildman–Crippen MR) is 308 cm³/mol. The molecule has 5 aromatic carbocycles. The number of halogens is 2. The van der Waals surface area contributed by atoms with E-state index in [1.807, 2.05) is 72.2 Å². The summed E-state index contributed by atoms with van der Waals surface area (Å²) in [6, 6.07) is 36.2. The third-order valence-corrected chi connectivity index (χ3v) is 25.2. The number of rotatable bonds is 19. The van der Waals surface area contributed by atoms with Gasteiger partial charge in [0.25, 0.3) is 0 Å². The van der Waals surface area contributed by atoms with Crippen LogP contribution in [0.1, 0.15) is 98.5 Å². The van der Waals surface area contributed by atoms with Crippen LogP contribution in [-0.4, -0.2) is 60.4 Å². The number of fused-ring (bicyclic) bond motifs is 2. The third-order valence-electron chi connectivity index (χ3n) is 15.4.